The molecule has 0 aliphatic carbocycles. The summed E-state index contributed by atoms with van der Waals surface area (Å²) in [6, 6.07) is 8.52. The maximum absolute atomic E-state index is 13.0. The number of piperidine rings is 1. The summed E-state index contributed by atoms with van der Waals surface area (Å²) in [6.45, 7) is 3.27. The molecule has 2 heterocycles. The second kappa shape index (κ2) is 6.16. The number of fused-ring (bicyclic) bond motifs is 1. The minimum absolute atomic E-state index is 0.0878. The van der Waals surface area contributed by atoms with Crippen LogP contribution in [0.4, 0.5) is 0 Å². The average molecular weight is 288 g/mol. The molecule has 1 aromatic carbocycles. The zero-order valence-electron chi connectivity index (χ0n) is 12.6. The highest BCUT2D eigenvalue weighted by molar-refractivity contribution is 5.83. The molecule has 4 nitrogen and oxygen atoms in total. The van der Waals surface area contributed by atoms with Crippen molar-refractivity contribution in [1.29, 1.82) is 0 Å². The fourth-order valence-electron chi connectivity index (χ4n) is 3.65. The van der Waals surface area contributed by atoms with E-state index in [1.165, 1.54) is 5.56 Å². The van der Waals surface area contributed by atoms with Gasteiger partial charge < -0.3 is 15.4 Å². The van der Waals surface area contributed by atoms with Gasteiger partial charge in [-0.15, -0.1) is 0 Å². The van der Waals surface area contributed by atoms with E-state index in [9.17, 15) is 4.79 Å². The van der Waals surface area contributed by atoms with Crippen molar-refractivity contribution in [2.45, 2.75) is 50.8 Å². The van der Waals surface area contributed by atoms with Crippen molar-refractivity contribution in [1.82, 2.24) is 4.90 Å². The van der Waals surface area contributed by atoms with Gasteiger partial charge in [0.25, 0.3) is 5.91 Å². The molecule has 3 rings (SSSR count). The predicted octanol–water partition coefficient (Wildman–Crippen LogP) is 2.03. The highest BCUT2D eigenvalue weighted by Crippen LogP contribution is 2.32. The molecular formula is C17H24N2O2. The fourth-order valence-corrected chi connectivity index (χ4v) is 3.65. The lowest BCUT2D eigenvalue weighted by molar-refractivity contribution is -0.151. The van der Waals surface area contributed by atoms with Gasteiger partial charge in [0, 0.05) is 18.6 Å². The minimum Gasteiger partial charge on any atom is -0.363 e. The monoisotopic (exact) mass is 288 g/mol. The molecule has 2 aliphatic rings. The lowest BCUT2D eigenvalue weighted by atomic mass is 9.92. The average Bonchev–Trinajstić information content (AvgIpc) is 2.53. The van der Waals surface area contributed by atoms with Gasteiger partial charge in [-0.2, -0.15) is 0 Å². The highest BCUT2D eigenvalue weighted by atomic mass is 16.5. The zero-order chi connectivity index (χ0) is 14.8. The molecule has 4 heteroatoms. The van der Waals surface area contributed by atoms with E-state index in [2.05, 4.69) is 13.0 Å². The summed E-state index contributed by atoms with van der Waals surface area (Å²) in [7, 11) is 0. The number of rotatable bonds is 2. The van der Waals surface area contributed by atoms with Crippen LogP contribution in [-0.2, 0) is 16.0 Å². The number of likely N-dealkylation sites (tertiary alicyclic amines) is 1. The highest BCUT2D eigenvalue weighted by Gasteiger charge is 2.37. The molecule has 21 heavy (non-hydrogen) atoms. The summed E-state index contributed by atoms with van der Waals surface area (Å²) >= 11 is 0. The first-order valence-corrected chi connectivity index (χ1v) is 7.94. The number of ether oxygens (including phenoxy) is 1. The molecule has 2 N–H and O–H groups in total. The predicted molar refractivity (Wildman–Crippen MR) is 81.8 cm³/mol. The van der Waals surface area contributed by atoms with Crippen LogP contribution in [0.15, 0.2) is 24.3 Å². The first kappa shape index (κ1) is 14.5. The van der Waals surface area contributed by atoms with Crippen molar-refractivity contribution in [3.63, 3.8) is 0 Å². The quantitative estimate of drug-likeness (QED) is 0.906. The van der Waals surface area contributed by atoms with Gasteiger partial charge >= 0.3 is 0 Å². The van der Waals surface area contributed by atoms with Gasteiger partial charge in [0.2, 0.25) is 0 Å². The Bertz CT molecular complexity index is 517. The number of carbonyl (C=O) groups is 1. The van der Waals surface area contributed by atoms with Crippen LogP contribution in [0.2, 0.25) is 0 Å². The van der Waals surface area contributed by atoms with Crippen molar-refractivity contribution >= 4 is 5.91 Å². The lowest BCUT2D eigenvalue weighted by Gasteiger charge is -2.42. The van der Waals surface area contributed by atoms with Crippen LogP contribution in [-0.4, -0.2) is 36.0 Å². The molecule has 1 saturated heterocycles. The van der Waals surface area contributed by atoms with E-state index in [1.54, 1.807) is 0 Å². The standard InChI is InChI=1S/C17H24N2O2/c1-12-5-4-7-14(11-18)19(12)17(20)16-15-8-3-2-6-13(15)9-10-21-16/h2-3,6,8,12,14,16H,4-5,7,9-11,18H2,1H3. The number of nitrogens with two attached hydrogens (primary N) is 1. The van der Waals surface area contributed by atoms with Crippen molar-refractivity contribution in [3.05, 3.63) is 35.4 Å². The van der Waals surface area contributed by atoms with Crippen LogP contribution in [0.5, 0.6) is 0 Å². The molecule has 2 aliphatic heterocycles. The van der Waals surface area contributed by atoms with Gasteiger partial charge in [0.05, 0.1) is 6.61 Å². The largest absolute Gasteiger partial charge is 0.363 e. The molecule has 0 saturated carbocycles. The van der Waals surface area contributed by atoms with E-state index < -0.39 is 6.10 Å². The maximum Gasteiger partial charge on any atom is 0.256 e. The third kappa shape index (κ3) is 2.70. The first-order chi connectivity index (χ1) is 10.2. The fraction of sp³-hybridized carbons (Fsp3) is 0.588. The maximum atomic E-state index is 13.0. The number of hydrogen-bond donors (Lipinski definition) is 1. The molecule has 0 spiro atoms. The smallest absolute Gasteiger partial charge is 0.256 e. The lowest BCUT2D eigenvalue weighted by Crippen LogP contribution is -2.53. The van der Waals surface area contributed by atoms with Gasteiger partial charge in [-0.1, -0.05) is 24.3 Å². The van der Waals surface area contributed by atoms with Crippen LogP contribution in [0.3, 0.4) is 0 Å². The third-order valence-electron chi connectivity index (χ3n) is 4.77. The molecule has 0 radical (unpaired) electrons. The normalized spacial score (nSPS) is 29.0. The van der Waals surface area contributed by atoms with E-state index in [-0.39, 0.29) is 18.0 Å². The van der Waals surface area contributed by atoms with E-state index in [4.69, 9.17) is 10.5 Å². The third-order valence-corrected chi connectivity index (χ3v) is 4.77. The Morgan fingerprint density at radius 3 is 3.00 bits per heavy atom. The van der Waals surface area contributed by atoms with Crippen molar-refractivity contribution < 1.29 is 9.53 Å². The Morgan fingerprint density at radius 1 is 1.38 bits per heavy atom. The van der Waals surface area contributed by atoms with E-state index in [0.29, 0.717) is 13.2 Å². The summed E-state index contributed by atoms with van der Waals surface area (Å²) in [6.07, 6.45) is 3.63. The van der Waals surface area contributed by atoms with Crippen LogP contribution < -0.4 is 5.73 Å². The van der Waals surface area contributed by atoms with Crippen LogP contribution >= 0.6 is 0 Å². The Hall–Kier alpha value is -1.39. The van der Waals surface area contributed by atoms with Crippen molar-refractivity contribution in [3.8, 4) is 0 Å². The molecule has 1 fully saturated rings. The SMILES string of the molecule is CC1CCCC(CN)N1C(=O)C1OCCc2ccccc21. The van der Waals surface area contributed by atoms with Gasteiger partial charge in [-0.3, -0.25) is 4.79 Å². The molecule has 114 valence electrons. The van der Waals surface area contributed by atoms with Crippen LogP contribution in [0, 0.1) is 0 Å². The Kier molecular flexibility index (Phi) is 4.27. The number of amides is 1. The van der Waals surface area contributed by atoms with Gasteiger partial charge in [-0.05, 0) is 43.7 Å². The van der Waals surface area contributed by atoms with E-state index in [0.717, 1.165) is 31.2 Å². The number of nitrogens with zero attached hydrogens (tertiary/aromatic N) is 1. The number of hydrogen-bond acceptors (Lipinski definition) is 3. The summed E-state index contributed by atoms with van der Waals surface area (Å²) in [4.78, 5) is 15.0. The molecular weight excluding hydrogens is 264 g/mol. The molecule has 0 aromatic heterocycles. The summed E-state index contributed by atoms with van der Waals surface area (Å²) in [5, 5.41) is 0. The topological polar surface area (TPSA) is 55.6 Å². The van der Waals surface area contributed by atoms with Crippen LogP contribution in [0.25, 0.3) is 0 Å². The number of carbonyl (C=O) groups excluding carboxylic acids is 1. The second-order valence-electron chi connectivity index (χ2n) is 6.11. The molecule has 1 aromatic rings. The Morgan fingerprint density at radius 2 is 2.19 bits per heavy atom. The summed E-state index contributed by atoms with van der Waals surface area (Å²) < 4.78 is 5.83. The molecule has 1 amide bonds. The molecule has 0 bridgehead atoms. The van der Waals surface area contributed by atoms with Crippen molar-refractivity contribution in [2.24, 2.45) is 5.73 Å². The zero-order valence-corrected chi connectivity index (χ0v) is 12.6. The van der Waals surface area contributed by atoms with Gasteiger partial charge in [0.15, 0.2) is 6.10 Å². The summed E-state index contributed by atoms with van der Waals surface area (Å²) in [5.74, 6) is 0.0878. The number of benzene rings is 1. The summed E-state index contributed by atoms with van der Waals surface area (Å²) in [5.41, 5.74) is 8.15. The van der Waals surface area contributed by atoms with Gasteiger partial charge in [-0.25, -0.2) is 0 Å². The second-order valence-corrected chi connectivity index (χ2v) is 6.11. The van der Waals surface area contributed by atoms with Gasteiger partial charge in [0.1, 0.15) is 0 Å². The Balaban J connectivity index is 1.88. The molecule has 3 unspecified atom stereocenters. The minimum atomic E-state index is -0.454. The first-order valence-electron chi connectivity index (χ1n) is 7.94. The van der Waals surface area contributed by atoms with Crippen LogP contribution in [0.1, 0.15) is 43.4 Å². The molecule has 3 atom stereocenters. The van der Waals surface area contributed by atoms with E-state index in [1.807, 2.05) is 23.1 Å². The Labute approximate surface area is 126 Å². The van der Waals surface area contributed by atoms with E-state index >= 15 is 0 Å². The van der Waals surface area contributed by atoms with Crippen molar-refractivity contribution in [2.75, 3.05) is 13.2 Å².